The van der Waals surface area contributed by atoms with Crippen LogP contribution in [0.5, 0.6) is 0 Å². The molecule has 0 aliphatic carbocycles. The first-order chi connectivity index (χ1) is 8.02. The molecule has 7 nitrogen and oxygen atoms in total. The smallest absolute Gasteiger partial charge is 0.326 e. The number of carboxylic acid groups (broad SMARTS) is 2. The van der Waals surface area contributed by atoms with Gasteiger partial charge in [0, 0.05) is 6.07 Å². The summed E-state index contributed by atoms with van der Waals surface area (Å²) < 4.78 is 0. The number of thioether (sulfide) groups is 1. The minimum Gasteiger partial charge on any atom is -0.481 e. The molecule has 0 aliphatic heterocycles. The number of carboxylic acids is 2. The number of aliphatic carboxylic acids is 2. The number of aromatic nitrogens is 2. The molecular weight excluding hydrogens is 246 g/mol. The second-order valence-electron chi connectivity index (χ2n) is 3.08. The summed E-state index contributed by atoms with van der Waals surface area (Å²) in [4.78, 5) is 29.1. The number of hydrogen-bond acceptors (Lipinski definition) is 6. The monoisotopic (exact) mass is 257 g/mol. The van der Waals surface area contributed by atoms with Crippen molar-refractivity contribution in [2.45, 2.75) is 17.5 Å². The predicted molar refractivity (Wildman–Crippen MR) is 61.1 cm³/mol. The van der Waals surface area contributed by atoms with Gasteiger partial charge in [-0.05, 0) is 6.26 Å². The van der Waals surface area contributed by atoms with E-state index in [0.29, 0.717) is 5.03 Å². The number of nitrogens with zero attached hydrogens (tertiary/aromatic N) is 2. The highest BCUT2D eigenvalue weighted by Crippen LogP contribution is 2.14. The number of hydrogen-bond donors (Lipinski definition) is 3. The van der Waals surface area contributed by atoms with Crippen molar-refractivity contribution in [2.24, 2.45) is 0 Å². The average Bonchev–Trinajstić information content (AvgIpc) is 2.27. The molecule has 0 spiro atoms. The average molecular weight is 257 g/mol. The Morgan fingerprint density at radius 3 is 2.71 bits per heavy atom. The van der Waals surface area contributed by atoms with Crippen molar-refractivity contribution in [2.75, 3.05) is 11.6 Å². The fourth-order valence-electron chi connectivity index (χ4n) is 1.08. The Balaban J connectivity index is 2.78. The van der Waals surface area contributed by atoms with Gasteiger partial charge in [-0.25, -0.2) is 14.8 Å². The van der Waals surface area contributed by atoms with Crippen LogP contribution in [0.25, 0.3) is 0 Å². The van der Waals surface area contributed by atoms with Crippen LogP contribution in [0.4, 0.5) is 5.82 Å². The molecule has 1 heterocycles. The molecule has 0 saturated carbocycles. The van der Waals surface area contributed by atoms with E-state index in [9.17, 15) is 9.59 Å². The molecule has 0 fully saturated rings. The Kier molecular flexibility index (Phi) is 4.70. The molecule has 1 aromatic heterocycles. The molecule has 1 atom stereocenters. The maximum absolute atomic E-state index is 10.8. The van der Waals surface area contributed by atoms with E-state index in [4.69, 9.17) is 10.2 Å². The first kappa shape index (κ1) is 13.2. The third-order valence-corrected chi connectivity index (χ3v) is 2.49. The minimum atomic E-state index is -1.24. The normalized spacial score (nSPS) is 11.8. The molecular formula is C9H11N3O4S. The molecule has 17 heavy (non-hydrogen) atoms. The maximum Gasteiger partial charge on any atom is 0.326 e. The highest BCUT2D eigenvalue weighted by atomic mass is 32.2. The Bertz CT molecular complexity index is 426. The van der Waals surface area contributed by atoms with Gasteiger partial charge in [0.2, 0.25) is 0 Å². The van der Waals surface area contributed by atoms with Crippen LogP contribution in [0.1, 0.15) is 6.42 Å². The SMILES string of the molecule is CSc1cc(NC(CC(=O)O)C(=O)O)ncn1. The van der Waals surface area contributed by atoms with Crippen molar-refractivity contribution in [3.63, 3.8) is 0 Å². The summed E-state index contributed by atoms with van der Waals surface area (Å²) in [6, 6.07) is 0.347. The molecule has 0 radical (unpaired) electrons. The molecule has 92 valence electrons. The van der Waals surface area contributed by atoms with Gasteiger partial charge < -0.3 is 15.5 Å². The van der Waals surface area contributed by atoms with Crippen LogP contribution in [0.15, 0.2) is 17.4 Å². The van der Waals surface area contributed by atoms with Gasteiger partial charge in [-0.2, -0.15) is 0 Å². The second kappa shape index (κ2) is 6.04. The van der Waals surface area contributed by atoms with Gasteiger partial charge in [-0.1, -0.05) is 0 Å². The van der Waals surface area contributed by atoms with E-state index in [-0.39, 0.29) is 5.82 Å². The van der Waals surface area contributed by atoms with Gasteiger partial charge >= 0.3 is 11.9 Å². The van der Waals surface area contributed by atoms with Crippen molar-refractivity contribution >= 4 is 29.5 Å². The number of rotatable bonds is 6. The maximum atomic E-state index is 10.8. The molecule has 0 saturated heterocycles. The van der Waals surface area contributed by atoms with E-state index in [1.165, 1.54) is 18.1 Å². The molecule has 8 heteroatoms. The summed E-state index contributed by atoms with van der Waals surface area (Å²) in [5.74, 6) is -2.14. The van der Waals surface area contributed by atoms with Crippen molar-refractivity contribution in [3.8, 4) is 0 Å². The zero-order valence-electron chi connectivity index (χ0n) is 8.95. The highest BCUT2D eigenvalue weighted by molar-refractivity contribution is 7.98. The van der Waals surface area contributed by atoms with Crippen molar-refractivity contribution < 1.29 is 19.8 Å². The summed E-state index contributed by atoms with van der Waals surface area (Å²) in [6.45, 7) is 0. The lowest BCUT2D eigenvalue weighted by Gasteiger charge is -2.12. The van der Waals surface area contributed by atoms with E-state index >= 15 is 0 Å². The van der Waals surface area contributed by atoms with E-state index in [1.54, 1.807) is 6.07 Å². The van der Waals surface area contributed by atoms with E-state index in [1.807, 2.05) is 6.26 Å². The Hall–Kier alpha value is -1.83. The molecule has 0 amide bonds. The summed E-state index contributed by atoms with van der Waals surface area (Å²) in [7, 11) is 0. The number of carbonyl (C=O) groups is 2. The molecule has 0 bridgehead atoms. The summed E-state index contributed by atoms with van der Waals surface area (Å²) in [5.41, 5.74) is 0. The van der Waals surface area contributed by atoms with Gasteiger partial charge in [-0.3, -0.25) is 4.79 Å². The number of anilines is 1. The van der Waals surface area contributed by atoms with Crippen molar-refractivity contribution in [1.82, 2.24) is 9.97 Å². The highest BCUT2D eigenvalue weighted by Gasteiger charge is 2.21. The minimum absolute atomic E-state index is 0.290. The lowest BCUT2D eigenvalue weighted by atomic mass is 10.2. The standard InChI is InChI=1S/C9H11N3O4S/c1-17-7-3-6(10-4-11-7)12-5(9(15)16)2-8(13)14/h3-5H,2H2,1H3,(H,13,14)(H,15,16)(H,10,11,12). The Morgan fingerprint density at radius 1 is 1.47 bits per heavy atom. The van der Waals surface area contributed by atoms with Gasteiger partial charge in [0.05, 0.1) is 6.42 Å². The van der Waals surface area contributed by atoms with Crippen LogP contribution in [-0.2, 0) is 9.59 Å². The summed E-state index contributed by atoms with van der Waals surface area (Å²) in [5, 5.41) is 20.6. The fourth-order valence-corrected chi connectivity index (χ4v) is 1.47. The first-order valence-corrected chi connectivity index (χ1v) is 5.82. The Morgan fingerprint density at radius 2 is 2.18 bits per heavy atom. The summed E-state index contributed by atoms with van der Waals surface area (Å²) in [6.07, 6.45) is 2.58. The van der Waals surface area contributed by atoms with E-state index < -0.39 is 24.4 Å². The van der Waals surface area contributed by atoms with Crippen LogP contribution in [-0.4, -0.2) is 44.4 Å². The van der Waals surface area contributed by atoms with Gasteiger partial charge in [-0.15, -0.1) is 11.8 Å². The lowest BCUT2D eigenvalue weighted by Crippen LogP contribution is -2.32. The van der Waals surface area contributed by atoms with Crippen LogP contribution < -0.4 is 5.32 Å². The second-order valence-corrected chi connectivity index (χ2v) is 3.91. The fraction of sp³-hybridized carbons (Fsp3) is 0.333. The third kappa shape index (κ3) is 4.27. The number of nitrogens with one attached hydrogen (secondary N) is 1. The third-order valence-electron chi connectivity index (χ3n) is 1.85. The molecule has 0 aliphatic rings. The molecule has 1 aromatic rings. The van der Waals surface area contributed by atoms with Gasteiger partial charge in [0.25, 0.3) is 0 Å². The first-order valence-electron chi connectivity index (χ1n) is 4.60. The largest absolute Gasteiger partial charge is 0.481 e. The van der Waals surface area contributed by atoms with Crippen molar-refractivity contribution in [3.05, 3.63) is 12.4 Å². The predicted octanol–water partition coefficient (Wildman–Crippen LogP) is 0.538. The molecule has 3 N–H and O–H groups in total. The van der Waals surface area contributed by atoms with Crippen LogP contribution in [0, 0.1) is 0 Å². The van der Waals surface area contributed by atoms with Gasteiger partial charge in [0.15, 0.2) is 0 Å². The zero-order valence-corrected chi connectivity index (χ0v) is 9.77. The Labute approximate surface area is 101 Å². The summed E-state index contributed by atoms with van der Waals surface area (Å²) >= 11 is 1.38. The van der Waals surface area contributed by atoms with Crippen molar-refractivity contribution in [1.29, 1.82) is 0 Å². The molecule has 1 rings (SSSR count). The quantitative estimate of drug-likeness (QED) is 0.500. The van der Waals surface area contributed by atoms with E-state index in [0.717, 1.165) is 0 Å². The van der Waals surface area contributed by atoms with E-state index in [2.05, 4.69) is 15.3 Å². The zero-order chi connectivity index (χ0) is 12.8. The van der Waals surface area contributed by atoms with Crippen LogP contribution >= 0.6 is 11.8 Å². The van der Waals surface area contributed by atoms with Crippen LogP contribution in [0.3, 0.4) is 0 Å². The topological polar surface area (TPSA) is 112 Å². The molecule has 1 unspecified atom stereocenters. The van der Waals surface area contributed by atoms with Gasteiger partial charge in [0.1, 0.15) is 23.2 Å². The lowest BCUT2D eigenvalue weighted by molar-refractivity contribution is -0.144. The molecule has 0 aromatic carbocycles. The van der Waals surface area contributed by atoms with Crippen LogP contribution in [0.2, 0.25) is 0 Å².